The van der Waals surface area contributed by atoms with Crippen molar-refractivity contribution in [2.75, 3.05) is 13.2 Å². The first kappa shape index (κ1) is 17.8. The number of allylic oxidation sites excluding steroid dienone is 3. The quantitative estimate of drug-likeness (QED) is 0.787. The van der Waals surface area contributed by atoms with E-state index in [-0.39, 0.29) is 17.4 Å². The summed E-state index contributed by atoms with van der Waals surface area (Å²) in [6.45, 7) is 14.8. The SMILES string of the molecule is C=C1C=C2C3(CCCC3CO)CC(CCO)C(C)C2(C)C2C1C2(C)C. The van der Waals surface area contributed by atoms with Gasteiger partial charge >= 0.3 is 0 Å². The maximum atomic E-state index is 10.2. The minimum atomic E-state index is 0.141. The zero-order valence-electron chi connectivity index (χ0n) is 16.5. The second-order valence-corrected chi connectivity index (χ2v) is 10.4. The summed E-state index contributed by atoms with van der Waals surface area (Å²) in [5.74, 6) is 2.81. The Hall–Kier alpha value is -0.600. The van der Waals surface area contributed by atoms with Crippen molar-refractivity contribution >= 4 is 0 Å². The summed E-state index contributed by atoms with van der Waals surface area (Å²) in [5.41, 5.74) is 3.61. The van der Waals surface area contributed by atoms with E-state index in [4.69, 9.17) is 0 Å². The second kappa shape index (κ2) is 5.45. The molecule has 0 bridgehead atoms. The largest absolute Gasteiger partial charge is 0.396 e. The average molecular weight is 345 g/mol. The van der Waals surface area contributed by atoms with Crippen molar-refractivity contribution < 1.29 is 10.2 Å². The van der Waals surface area contributed by atoms with Gasteiger partial charge in [0.25, 0.3) is 0 Å². The highest BCUT2D eigenvalue weighted by atomic mass is 16.3. The van der Waals surface area contributed by atoms with E-state index in [1.807, 2.05) is 0 Å². The summed E-state index contributed by atoms with van der Waals surface area (Å²) < 4.78 is 0. The first-order valence-corrected chi connectivity index (χ1v) is 10.4. The van der Waals surface area contributed by atoms with Gasteiger partial charge in [-0.1, -0.05) is 57.9 Å². The fourth-order valence-electron chi connectivity index (χ4n) is 8.05. The molecule has 0 amide bonds. The molecule has 1 spiro atoms. The lowest BCUT2D eigenvalue weighted by Gasteiger charge is -2.59. The topological polar surface area (TPSA) is 40.5 Å². The molecule has 0 aromatic rings. The zero-order chi connectivity index (χ0) is 18.2. The molecule has 0 aromatic heterocycles. The van der Waals surface area contributed by atoms with Crippen molar-refractivity contribution in [1.82, 2.24) is 0 Å². The van der Waals surface area contributed by atoms with Crippen LogP contribution < -0.4 is 0 Å². The van der Waals surface area contributed by atoms with Gasteiger partial charge in [-0.3, -0.25) is 0 Å². The van der Waals surface area contributed by atoms with Crippen LogP contribution in [-0.2, 0) is 0 Å². The van der Waals surface area contributed by atoms with Crippen LogP contribution in [0, 0.1) is 45.8 Å². The zero-order valence-corrected chi connectivity index (χ0v) is 16.5. The number of rotatable bonds is 3. The fraction of sp³-hybridized carbons (Fsp3) is 0.826. The molecular formula is C23H36O2. The van der Waals surface area contributed by atoms with Crippen LogP contribution in [0.2, 0.25) is 0 Å². The Bertz CT molecular complexity index is 618. The van der Waals surface area contributed by atoms with Crippen LogP contribution in [0.5, 0.6) is 0 Å². The summed E-state index contributed by atoms with van der Waals surface area (Å²) in [6, 6.07) is 0. The van der Waals surface area contributed by atoms with E-state index in [9.17, 15) is 10.2 Å². The van der Waals surface area contributed by atoms with Gasteiger partial charge in [-0.2, -0.15) is 0 Å². The first-order chi connectivity index (χ1) is 11.7. The molecule has 0 radical (unpaired) electrons. The number of hydrogen-bond acceptors (Lipinski definition) is 2. The first-order valence-electron chi connectivity index (χ1n) is 10.4. The van der Waals surface area contributed by atoms with Crippen LogP contribution in [0.4, 0.5) is 0 Å². The van der Waals surface area contributed by atoms with Gasteiger partial charge in [0.1, 0.15) is 0 Å². The monoisotopic (exact) mass is 344 g/mol. The van der Waals surface area contributed by atoms with Crippen molar-refractivity contribution in [3.8, 4) is 0 Å². The van der Waals surface area contributed by atoms with Crippen molar-refractivity contribution in [2.45, 2.75) is 59.8 Å². The summed E-state index contributed by atoms with van der Waals surface area (Å²) in [4.78, 5) is 0. The molecule has 4 aliphatic carbocycles. The molecule has 2 heteroatoms. The van der Waals surface area contributed by atoms with Gasteiger partial charge in [-0.15, -0.1) is 0 Å². The third kappa shape index (κ3) is 2.04. The van der Waals surface area contributed by atoms with E-state index in [0.29, 0.717) is 41.6 Å². The Balaban J connectivity index is 1.87. The van der Waals surface area contributed by atoms with E-state index < -0.39 is 0 Å². The van der Waals surface area contributed by atoms with Crippen LogP contribution in [0.1, 0.15) is 59.8 Å². The summed E-state index contributed by atoms with van der Waals surface area (Å²) >= 11 is 0. The molecule has 3 fully saturated rings. The van der Waals surface area contributed by atoms with Crippen molar-refractivity contribution in [3.05, 3.63) is 23.8 Å². The lowest BCUT2D eigenvalue weighted by Crippen LogP contribution is -2.52. The highest BCUT2D eigenvalue weighted by Gasteiger charge is 2.73. The number of aliphatic hydroxyl groups excluding tert-OH is 2. The molecule has 0 heterocycles. The van der Waals surface area contributed by atoms with Gasteiger partial charge in [0.15, 0.2) is 0 Å². The molecule has 25 heavy (non-hydrogen) atoms. The molecule has 7 unspecified atom stereocenters. The predicted molar refractivity (Wildman–Crippen MR) is 102 cm³/mol. The number of aliphatic hydroxyl groups is 2. The summed E-state index contributed by atoms with van der Waals surface area (Å²) in [5, 5.41) is 19.9. The molecule has 2 N–H and O–H groups in total. The lowest BCUT2D eigenvalue weighted by molar-refractivity contribution is -0.0177. The Kier molecular flexibility index (Phi) is 3.88. The highest BCUT2D eigenvalue weighted by Crippen LogP contribution is 2.79. The van der Waals surface area contributed by atoms with Crippen molar-refractivity contribution in [2.24, 2.45) is 45.8 Å². The van der Waals surface area contributed by atoms with Gasteiger partial charge < -0.3 is 10.2 Å². The second-order valence-electron chi connectivity index (χ2n) is 10.4. The van der Waals surface area contributed by atoms with Crippen LogP contribution in [0.25, 0.3) is 0 Å². The molecule has 4 rings (SSSR count). The molecule has 0 aromatic carbocycles. The third-order valence-electron chi connectivity index (χ3n) is 9.28. The van der Waals surface area contributed by atoms with E-state index in [0.717, 1.165) is 19.3 Å². The van der Waals surface area contributed by atoms with Gasteiger partial charge in [-0.25, -0.2) is 0 Å². The standard InChI is InChI=1S/C23H36O2/c1-14-11-18-22(5,20-19(14)21(20,3)4)15(2)16(8-10-24)12-23(18)9-6-7-17(23)13-25/h11,15-17,19-20,24-25H,1,6-10,12-13H2,2-5H3. The minimum Gasteiger partial charge on any atom is -0.396 e. The molecule has 3 saturated carbocycles. The van der Waals surface area contributed by atoms with Crippen molar-refractivity contribution in [3.63, 3.8) is 0 Å². The van der Waals surface area contributed by atoms with Crippen molar-refractivity contribution in [1.29, 1.82) is 0 Å². The Morgan fingerprint density at radius 1 is 1.24 bits per heavy atom. The fourth-order valence-corrected chi connectivity index (χ4v) is 8.05. The summed E-state index contributed by atoms with van der Waals surface area (Å²) in [7, 11) is 0. The van der Waals surface area contributed by atoms with E-state index >= 15 is 0 Å². The van der Waals surface area contributed by atoms with Gasteiger partial charge in [0, 0.05) is 13.2 Å². The van der Waals surface area contributed by atoms with Gasteiger partial charge in [0.05, 0.1) is 0 Å². The number of hydrogen-bond donors (Lipinski definition) is 2. The van der Waals surface area contributed by atoms with E-state index in [1.165, 1.54) is 18.4 Å². The Morgan fingerprint density at radius 3 is 2.60 bits per heavy atom. The smallest absolute Gasteiger partial charge is 0.0467 e. The van der Waals surface area contributed by atoms with Gasteiger partial charge in [0.2, 0.25) is 0 Å². The molecule has 4 aliphatic rings. The van der Waals surface area contributed by atoms with Crippen LogP contribution in [-0.4, -0.2) is 23.4 Å². The number of fused-ring (bicyclic) bond motifs is 4. The normalized spacial score (nSPS) is 50.4. The van der Waals surface area contributed by atoms with Gasteiger partial charge in [-0.05, 0) is 71.5 Å². The highest BCUT2D eigenvalue weighted by molar-refractivity contribution is 5.48. The van der Waals surface area contributed by atoms with Crippen LogP contribution in [0.15, 0.2) is 23.8 Å². The lowest BCUT2D eigenvalue weighted by atomic mass is 9.45. The van der Waals surface area contributed by atoms with Crippen LogP contribution in [0.3, 0.4) is 0 Å². The molecule has 0 saturated heterocycles. The maximum absolute atomic E-state index is 10.2. The minimum absolute atomic E-state index is 0.141. The molecule has 2 nitrogen and oxygen atoms in total. The van der Waals surface area contributed by atoms with E-state index in [1.54, 1.807) is 5.57 Å². The average Bonchev–Trinajstić information content (AvgIpc) is 2.96. The molecular weight excluding hydrogens is 308 g/mol. The summed E-state index contributed by atoms with van der Waals surface area (Å²) in [6.07, 6.45) is 8.10. The predicted octanol–water partition coefficient (Wildman–Crippen LogP) is 4.58. The third-order valence-corrected chi connectivity index (χ3v) is 9.28. The van der Waals surface area contributed by atoms with Crippen LogP contribution >= 0.6 is 0 Å². The Morgan fingerprint density at radius 2 is 1.96 bits per heavy atom. The molecule has 7 atom stereocenters. The maximum Gasteiger partial charge on any atom is 0.0467 e. The van der Waals surface area contributed by atoms with E-state index in [2.05, 4.69) is 40.3 Å². The Labute approximate surface area is 153 Å². The molecule has 140 valence electrons. The molecule has 0 aliphatic heterocycles.